The highest BCUT2D eigenvalue weighted by Gasteiger charge is 2.18. The standard InChI is InChI=1S/C24H26N4O3S/c1-16-14-20(17(2)28(16)12-11-18-7-9-19(30-4)10-8-18)21(29)15-32-24-26-25-23(27(24)3)22-6-5-13-31-22/h5-10,13-14H,11-12,15H2,1-4H3. The van der Waals surface area contributed by atoms with Gasteiger partial charge >= 0.3 is 0 Å². The van der Waals surface area contributed by atoms with Crippen molar-refractivity contribution < 1.29 is 13.9 Å². The van der Waals surface area contributed by atoms with Gasteiger partial charge in [-0.1, -0.05) is 23.9 Å². The van der Waals surface area contributed by atoms with E-state index in [0.29, 0.717) is 22.5 Å². The molecule has 166 valence electrons. The topological polar surface area (TPSA) is 75.1 Å². The Morgan fingerprint density at radius 3 is 2.62 bits per heavy atom. The third-order valence-corrected chi connectivity index (χ3v) is 6.59. The van der Waals surface area contributed by atoms with E-state index in [4.69, 9.17) is 9.15 Å². The molecule has 1 aromatic carbocycles. The smallest absolute Gasteiger partial charge is 0.200 e. The van der Waals surface area contributed by atoms with E-state index in [1.54, 1.807) is 13.4 Å². The highest BCUT2D eigenvalue weighted by atomic mass is 32.2. The van der Waals surface area contributed by atoms with E-state index in [1.807, 2.05) is 55.8 Å². The molecule has 0 aliphatic heterocycles. The lowest BCUT2D eigenvalue weighted by molar-refractivity contribution is 0.102. The van der Waals surface area contributed by atoms with Crippen LogP contribution in [-0.4, -0.2) is 38.0 Å². The van der Waals surface area contributed by atoms with Gasteiger partial charge in [0, 0.05) is 30.5 Å². The number of carbonyl (C=O) groups excluding carboxylic acids is 1. The van der Waals surface area contributed by atoms with Gasteiger partial charge in [0.05, 0.1) is 19.1 Å². The third kappa shape index (κ3) is 4.50. The van der Waals surface area contributed by atoms with Gasteiger partial charge in [-0.25, -0.2) is 0 Å². The first-order chi connectivity index (χ1) is 15.5. The van der Waals surface area contributed by atoms with E-state index in [2.05, 4.69) is 26.9 Å². The van der Waals surface area contributed by atoms with Gasteiger partial charge in [-0.2, -0.15) is 0 Å². The molecule has 0 aliphatic carbocycles. The maximum Gasteiger partial charge on any atom is 0.200 e. The molecular weight excluding hydrogens is 424 g/mol. The van der Waals surface area contributed by atoms with Gasteiger partial charge in [-0.05, 0) is 56.2 Å². The summed E-state index contributed by atoms with van der Waals surface area (Å²) in [5.74, 6) is 2.53. The second-order valence-electron chi connectivity index (χ2n) is 7.59. The van der Waals surface area contributed by atoms with Gasteiger partial charge in [0.15, 0.2) is 22.5 Å². The molecule has 7 nitrogen and oxygen atoms in total. The largest absolute Gasteiger partial charge is 0.497 e. The fraction of sp³-hybridized carbons (Fsp3) is 0.292. The summed E-state index contributed by atoms with van der Waals surface area (Å²) in [7, 11) is 3.54. The molecule has 4 rings (SSSR count). The number of aromatic nitrogens is 4. The lowest BCUT2D eigenvalue weighted by atomic mass is 10.1. The van der Waals surface area contributed by atoms with E-state index in [0.717, 1.165) is 35.7 Å². The van der Waals surface area contributed by atoms with Crippen LogP contribution < -0.4 is 4.74 Å². The van der Waals surface area contributed by atoms with Crippen LogP contribution in [0.15, 0.2) is 58.3 Å². The van der Waals surface area contributed by atoms with Crippen molar-refractivity contribution in [2.45, 2.75) is 32.0 Å². The Morgan fingerprint density at radius 1 is 1.16 bits per heavy atom. The Kier molecular flexibility index (Phi) is 6.50. The molecule has 0 radical (unpaired) electrons. The predicted molar refractivity (Wildman–Crippen MR) is 124 cm³/mol. The molecule has 0 atom stereocenters. The molecule has 4 aromatic rings. The van der Waals surface area contributed by atoms with Gasteiger partial charge in [-0.3, -0.25) is 4.79 Å². The number of rotatable bonds is 9. The maximum absolute atomic E-state index is 13.0. The number of ketones is 1. The first-order valence-electron chi connectivity index (χ1n) is 10.4. The predicted octanol–water partition coefficient (Wildman–Crippen LogP) is 4.72. The van der Waals surface area contributed by atoms with Crippen LogP contribution in [0.25, 0.3) is 11.6 Å². The Balaban J connectivity index is 1.41. The number of aryl methyl sites for hydroxylation is 2. The van der Waals surface area contributed by atoms with Crippen LogP contribution in [0.4, 0.5) is 0 Å². The monoisotopic (exact) mass is 450 g/mol. The van der Waals surface area contributed by atoms with Crippen LogP contribution >= 0.6 is 11.8 Å². The number of carbonyl (C=O) groups is 1. The Labute approximate surface area is 191 Å². The lowest BCUT2D eigenvalue weighted by Crippen LogP contribution is -2.08. The molecule has 0 unspecified atom stereocenters. The van der Waals surface area contributed by atoms with E-state index in [-0.39, 0.29) is 5.78 Å². The van der Waals surface area contributed by atoms with Crippen molar-refractivity contribution in [3.05, 3.63) is 71.2 Å². The second kappa shape index (κ2) is 9.48. The number of benzene rings is 1. The molecule has 0 N–H and O–H groups in total. The van der Waals surface area contributed by atoms with Crippen molar-refractivity contribution in [2.24, 2.45) is 7.05 Å². The van der Waals surface area contributed by atoms with Gasteiger partial charge in [0.2, 0.25) is 0 Å². The van der Waals surface area contributed by atoms with Crippen molar-refractivity contribution in [3.63, 3.8) is 0 Å². The molecule has 0 spiro atoms. The van der Waals surface area contributed by atoms with Gasteiger partial charge in [0.1, 0.15) is 5.75 Å². The van der Waals surface area contributed by atoms with E-state index in [1.165, 1.54) is 17.3 Å². The van der Waals surface area contributed by atoms with E-state index >= 15 is 0 Å². The Morgan fingerprint density at radius 2 is 1.94 bits per heavy atom. The molecule has 3 aromatic heterocycles. The van der Waals surface area contributed by atoms with Gasteiger partial charge in [0.25, 0.3) is 0 Å². The Hall–Kier alpha value is -3.26. The number of hydrogen-bond acceptors (Lipinski definition) is 6. The fourth-order valence-corrected chi connectivity index (χ4v) is 4.52. The summed E-state index contributed by atoms with van der Waals surface area (Å²) in [5.41, 5.74) is 4.08. The number of thioether (sulfide) groups is 1. The minimum absolute atomic E-state index is 0.0846. The summed E-state index contributed by atoms with van der Waals surface area (Å²) < 4.78 is 14.7. The molecule has 0 saturated carbocycles. The van der Waals surface area contributed by atoms with E-state index < -0.39 is 0 Å². The lowest BCUT2D eigenvalue weighted by Gasteiger charge is -2.10. The maximum atomic E-state index is 13.0. The first-order valence-corrected chi connectivity index (χ1v) is 11.4. The van der Waals surface area contributed by atoms with Crippen LogP contribution in [0.5, 0.6) is 5.75 Å². The molecule has 0 aliphatic rings. The normalized spacial score (nSPS) is 11.1. The van der Waals surface area contributed by atoms with Crippen molar-refractivity contribution >= 4 is 17.5 Å². The zero-order valence-electron chi connectivity index (χ0n) is 18.7. The number of ether oxygens (including phenoxy) is 1. The first kappa shape index (κ1) is 22.0. The molecule has 0 fully saturated rings. The average Bonchev–Trinajstić information content (AvgIpc) is 3.51. The summed E-state index contributed by atoms with van der Waals surface area (Å²) >= 11 is 1.38. The van der Waals surface area contributed by atoms with Crippen LogP contribution in [0, 0.1) is 13.8 Å². The summed E-state index contributed by atoms with van der Waals surface area (Å²) in [6, 6.07) is 13.7. The zero-order valence-corrected chi connectivity index (χ0v) is 19.5. The molecular formula is C24H26N4O3S. The third-order valence-electron chi connectivity index (χ3n) is 5.57. The molecule has 32 heavy (non-hydrogen) atoms. The van der Waals surface area contributed by atoms with Gasteiger partial charge < -0.3 is 18.3 Å². The molecule has 0 saturated heterocycles. The quantitative estimate of drug-likeness (QED) is 0.271. The van der Waals surface area contributed by atoms with E-state index in [9.17, 15) is 4.79 Å². The minimum Gasteiger partial charge on any atom is -0.497 e. The summed E-state index contributed by atoms with van der Waals surface area (Å²) in [5, 5.41) is 9.07. The Bertz CT molecular complexity index is 1210. The minimum atomic E-state index is 0.0846. The summed E-state index contributed by atoms with van der Waals surface area (Å²) in [6.07, 6.45) is 2.49. The van der Waals surface area contributed by atoms with Crippen molar-refractivity contribution in [1.29, 1.82) is 0 Å². The van der Waals surface area contributed by atoms with Crippen LogP contribution in [0.1, 0.15) is 27.3 Å². The molecule has 8 heteroatoms. The van der Waals surface area contributed by atoms with Crippen LogP contribution in [0.3, 0.4) is 0 Å². The molecule has 0 bridgehead atoms. The van der Waals surface area contributed by atoms with Crippen molar-refractivity contribution in [3.8, 4) is 17.3 Å². The SMILES string of the molecule is COc1ccc(CCn2c(C)cc(C(=O)CSc3nnc(-c4ccco4)n3C)c2C)cc1. The van der Waals surface area contributed by atoms with Crippen LogP contribution in [-0.2, 0) is 20.0 Å². The molecule has 0 amide bonds. The zero-order chi connectivity index (χ0) is 22.7. The van der Waals surface area contributed by atoms with Crippen molar-refractivity contribution in [2.75, 3.05) is 12.9 Å². The number of furan rings is 1. The highest BCUT2D eigenvalue weighted by molar-refractivity contribution is 7.99. The second-order valence-corrected chi connectivity index (χ2v) is 8.53. The average molecular weight is 451 g/mol. The summed E-state index contributed by atoms with van der Waals surface area (Å²) in [6.45, 7) is 4.87. The van der Waals surface area contributed by atoms with Crippen LogP contribution in [0.2, 0.25) is 0 Å². The number of methoxy groups -OCH3 is 1. The highest BCUT2D eigenvalue weighted by Crippen LogP contribution is 2.25. The molecule has 3 heterocycles. The number of Topliss-reactive ketones (excluding diaryl/α,β-unsaturated/α-hetero) is 1. The fourth-order valence-electron chi connectivity index (χ4n) is 3.73. The van der Waals surface area contributed by atoms with Gasteiger partial charge in [-0.15, -0.1) is 10.2 Å². The summed E-state index contributed by atoms with van der Waals surface area (Å²) in [4.78, 5) is 13.0. The van der Waals surface area contributed by atoms with Crippen molar-refractivity contribution in [1.82, 2.24) is 19.3 Å². The number of hydrogen-bond donors (Lipinski definition) is 0. The number of nitrogens with zero attached hydrogens (tertiary/aromatic N) is 4.